The SMILES string of the molecule is COc1ccc(/C=C/C(=O)c2cnn(C(C)C)c2)c(OC)c1. The van der Waals surface area contributed by atoms with Gasteiger partial charge in [-0.3, -0.25) is 9.48 Å². The third-order valence-corrected chi connectivity index (χ3v) is 3.27. The molecule has 2 aromatic rings. The molecule has 0 atom stereocenters. The summed E-state index contributed by atoms with van der Waals surface area (Å²) in [6.07, 6.45) is 6.58. The van der Waals surface area contributed by atoms with Crippen molar-refractivity contribution in [3.63, 3.8) is 0 Å². The average Bonchev–Trinajstić information content (AvgIpc) is 3.02. The minimum atomic E-state index is -0.0928. The maximum atomic E-state index is 12.2. The second-order valence-corrected chi connectivity index (χ2v) is 5.11. The molecular formula is C17H20N2O3. The molecule has 0 saturated carbocycles. The van der Waals surface area contributed by atoms with Crippen LogP contribution in [0.2, 0.25) is 0 Å². The molecule has 0 fully saturated rings. The molecule has 1 aromatic carbocycles. The van der Waals surface area contributed by atoms with E-state index in [-0.39, 0.29) is 11.8 Å². The Morgan fingerprint density at radius 1 is 1.27 bits per heavy atom. The zero-order valence-corrected chi connectivity index (χ0v) is 13.2. The summed E-state index contributed by atoms with van der Waals surface area (Å²) in [5.74, 6) is 1.27. The number of carbonyl (C=O) groups is 1. The molecule has 0 bridgehead atoms. The van der Waals surface area contributed by atoms with Crippen molar-refractivity contribution in [2.24, 2.45) is 0 Å². The number of benzene rings is 1. The van der Waals surface area contributed by atoms with Gasteiger partial charge in [0.05, 0.1) is 26.0 Å². The van der Waals surface area contributed by atoms with Crippen molar-refractivity contribution < 1.29 is 14.3 Å². The Morgan fingerprint density at radius 3 is 2.64 bits per heavy atom. The number of methoxy groups -OCH3 is 2. The molecular weight excluding hydrogens is 280 g/mol. The highest BCUT2D eigenvalue weighted by atomic mass is 16.5. The summed E-state index contributed by atoms with van der Waals surface area (Å²) in [6.45, 7) is 4.03. The van der Waals surface area contributed by atoms with Gasteiger partial charge in [-0.25, -0.2) is 0 Å². The van der Waals surface area contributed by atoms with E-state index in [1.807, 2.05) is 26.0 Å². The molecule has 5 nitrogen and oxygen atoms in total. The number of ketones is 1. The standard InChI is InChI=1S/C17H20N2O3/c1-12(2)19-11-14(10-18-19)16(20)8-6-13-5-7-15(21-3)9-17(13)22-4/h5-12H,1-4H3/b8-6+. The van der Waals surface area contributed by atoms with Crippen molar-refractivity contribution in [1.29, 1.82) is 0 Å². The quantitative estimate of drug-likeness (QED) is 0.606. The fourth-order valence-electron chi connectivity index (χ4n) is 1.97. The van der Waals surface area contributed by atoms with Gasteiger partial charge in [0.25, 0.3) is 0 Å². The van der Waals surface area contributed by atoms with Crippen molar-refractivity contribution in [2.75, 3.05) is 14.2 Å². The van der Waals surface area contributed by atoms with Gasteiger partial charge in [0, 0.05) is 23.9 Å². The van der Waals surface area contributed by atoms with Gasteiger partial charge in [0.15, 0.2) is 5.78 Å². The molecule has 0 N–H and O–H groups in total. The average molecular weight is 300 g/mol. The fourth-order valence-corrected chi connectivity index (χ4v) is 1.97. The normalized spacial score (nSPS) is 11.1. The van der Waals surface area contributed by atoms with Gasteiger partial charge in [0.1, 0.15) is 11.5 Å². The minimum Gasteiger partial charge on any atom is -0.497 e. The highest BCUT2D eigenvalue weighted by Gasteiger charge is 2.08. The first-order chi connectivity index (χ1) is 10.5. The molecule has 0 aliphatic heterocycles. The molecule has 0 aliphatic rings. The van der Waals surface area contributed by atoms with Crippen LogP contribution in [0, 0.1) is 0 Å². The zero-order chi connectivity index (χ0) is 16.1. The van der Waals surface area contributed by atoms with Crippen molar-refractivity contribution in [1.82, 2.24) is 9.78 Å². The molecule has 0 saturated heterocycles. The number of nitrogens with zero attached hydrogens (tertiary/aromatic N) is 2. The number of aromatic nitrogens is 2. The van der Waals surface area contributed by atoms with Gasteiger partial charge in [-0.15, -0.1) is 0 Å². The maximum Gasteiger partial charge on any atom is 0.189 e. The van der Waals surface area contributed by atoms with E-state index in [4.69, 9.17) is 9.47 Å². The number of ether oxygens (including phenoxy) is 2. The monoisotopic (exact) mass is 300 g/mol. The van der Waals surface area contributed by atoms with Crippen molar-refractivity contribution >= 4 is 11.9 Å². The van der Waals surface area contributed by atoms with Gasteiger partial charge < -0.3 is 9.47 Å². The Morgan fingerprint density at radius 2 is 2.05 bits per heavy atom. The molecule has 0 amide bonds. The van der Waals surface area contributed by atoms with E-state index < -0.39 is 0 Å². The maximum absolute atomic E-state index is 12.2. The van der Waals surface area contributed by atoms with Crippen LogP contribution in [-0.4, -0.2) is 29.8 Å². The number of carbonyl (C=O) groups excluding carboxylic acids is 1. The van der Waals surface area contributed by atoms with Gasteiger partial charge in [0.2, 0.25) is 0 Å². The smallest absolute Gasteiger partial charge is 0.189 e. The van der Waals surface area contributed by atoms with Crippen LogP contribution in [0.5, 0.6) is 11.5 Å². The van der Waals surface area contributed by atoms with E-state index >= 15 is 0 Å². The predicted octanol–water partition coefficient (Wildman–Crippen LogP) is 3.38. The molecule has 5 heteroatoms. The fraction of sp³-hybridized carbons (Fsp3) is 0.294. The topological polar surface area (TPSA) is 53.3 Å². The summed E-state index contributed by atoms with van der Waals surface area (Å²) in [6, 6.07) is 5.68. The number of allylic oxidation sites excluding steroid dienone is 1. The molecule has 1 heterocycles. The molecule has 0 aliphatic carbocycles. The Labute approximate surface area is 130 Å². The van der Waals surface area contributed by atoms with Crippen LogP contribution < -0.4 is 9.47 Å². The lowest BCUT2D eigenvalue weighted by Gasteiger charge is -2.07. The van der Waals surface area contributed by atoms with E-state index in [2.05, 4.69) is 5.10 Å². The Balaban J connectivity index is 2.18. The summed E-state index contributed by atoms with van der Waals surface area (Å²) in [4.78, 5) is 12.2. The lowest BCUT2D eigenvalue weighted by atomic mass is 10.1. The Hall–Kier alpha value is -2.56. The van der Waals surface area contributed by atoms with E-state index in [1.54, 1.807) is 43.4 Å². The number of hydrogen-bond acceptors (Lipinski definition) is 4. The largest absolute Gasteiger partial charge is 0.497 e. The molecule has 116 valence electrons. The van der Waals surface area contributed by atoms with Crippen LogP contribution in [0.1, 0.15) is 35.8 Å². The van der Waals surface area contributed by atoms with Crippen molar-refractivity contribution in [3.05, 3.63) is 47.8 Å². The van der Waals surface area contributed by atoms with Gasteiger partial charge in [-0.05, 0) is 38.1 Å². The Kier molecular flexibility index (Phi) is 4.99. The first kappa shape index (κ1) is 15.8. The third kappa shape index (κ3) is 3.55. The second kappa shape index (κ2) is 6.93. The van der Waals surface area contributed by atoms with Crippen LogP contribution in [0.3, 0.4) is 0 Å². The van der Waals surface area contributed by atoms with Crippen molar-refractivity contribution in [3.8, 4) is 11.5 Å². The summed E-state index contributed by atoms with van der Waals surface area (Å²) in [5.41, 5.74) is 1.38. The van der Waals surface area contributed by atoms with E-state index in [0.29, 0.717) is 17.1 Å². The van der Waals surface area contributed by atoms with E-state index in [0.717, 1.165) is 5.56 Å². The van der Waals surface area contributed by atoms with Gasteiger partial charge in [-0.2, -0.15) is 5.10 Å². The lowest BCUT2D eigenvalue weighted by Crippen LogP contribution is -2.00. The van der Waals surface area contributed by atoms with Crippen molar-refractivity contribution in [2.45, 2.75) is 19.9 Å². The summed E-state index contributed by atoms with van der Waals surface area (Å²) >= 11 is 0. The Bertz CT molecular complexity index is 687. The molecule has 22 heavy (non-hydrogen) atoms. The first-order valence-corrected chi connectivity index (χ1v) is 7.03. The molecule has 0 spiro atoms. The predicted molar refractivity (Wildman–Crippen MR) is 85.5 cm³/mol. The third-order valence-electron chi connectivity index (χ3n) is 3.27. The molecule has 1 aromatic heterocycles. The number of rotatable bonds is 6. The number of hydrogen-bond donors (Lipinski definition) is 0. The van der Waals surface area contributed by atoms with Gasteiger partial charge >= 0.3 is 0 Å². The summed E-state index contributed by atoms with van der Waals surface area (Å²) in [5, 5.41) is 4.17. The highest BCUT2D eigenvalue weighted by Crippen LogP contribution is 2.25. The van der Waals surface area contributed by atoms with Crippen LogP contribution in [-0.2, 0) is 0 Å². The second-order valence-electron chi connectivity index (χ2n) is 5.11. The van der Waals surface area contributed by atoms with Crippen LogP contribution >= 0.6 is 0 Å². The van der Waals surface area contributed by atoms with E-state index in [9.17, 15) is 4.79 Å². The zero-order valence-electron chi connectivity index (χ0n) is 13.2. The lowest BCUT2D eigenvalue weighted by molar-refractivity contribution is 0.104. The van der Waals surface area contributed by atoms with Crippen LogP contribution in [0.15, 0.2) is 36.7 Å². The van der Waals surface area contributed by atoms with Crippen LogP contribution in [0.4, 0.5) is 0 Å². The summed E-state index contributed by atoms with van der Waals surface area (Å²) in [7, 11) is 3.18. The highest BCUT2D eigenvalue weighted by molar-refractivity contribution is 6.06. The minimum absolute atomic E-state index is 0.0928. The molecule has 0 unspecified atom stereocenters. The summed E-state index contributed by atoms with van der Waals surface area (Å²) < 4.78 is 12.2. The molecule has 2 rings (SSSR count). The van der Waals surface area contributed by atoms with Gasteiger partial charge in [-0.1, -0.05) is 0 Å². The molecule has 0 radical (unpaired) electrons. The van der Waals surface area contributed by atoms with Crippen LogP contribution in [0.25, 0.3) is 6.08 Å². The van der Waals surface area contributed by atoms with E-state index in [1.165, 1.54) is 6.08 Å². The first-order valence-electron chi connectivity index (χ1n) is 7.03.